The van der Waals surface area contributed by atoms with Crippen LogP contribution in [0.5, 0.6) is 0 Å². The first-order valence-electron chi connectivity index (χ1n) is 2.40. The molecule has 1 nitrogen and oxygen atoms in total. The third kappa shape index (κ3) is 6.98. The van der Waals surface area contributed by atoms with Gasteiger partial charge in [-0.25, -0.2) is 0 Å². The van der Waals surface area contributed by atoms with Crippen LogP contribution < -0.4 is 0 Å². The van der Waals surface area contributed by atoms with Crippen molar-refractivity contribution in [2.75, 3.05) is 6.61 Å². The van der Waals surface area contributed by atoms with Gasteiger partial charge < -0.3 is 0 Å². The van der Waals surface area contributed by atoms with E-state index in [1.165, 1.54) is 12.8 Å². The minimum absolute atomic E-state index is 0.740. The summed E-state index contributed by atoms with van der Waals surface area (Å²) in [4.78, 5) is 0. The van der Waals surface area contributed by atoms with Crippen LogP contribution in [0.2, 0.25) is 0 Å². The van der Waals surface area contributed by atoms with Crippen molar-refractivity contribution in [2.24, 2.45) is 0 Å². The SMILES string of the molecule is CCCC[O][Sn]=[S]. The van der Waals surface area contributed by atoms with Crippen LogP contribution in [0, 0.1) is 0 Å². The molecule has 0 aromatic rings. The summed E-state index contributed by atoms with van der Waals surface area (Å²) in [5, 5.41) is 0. The molecule has 7 heavy (non-hydrogen) atoms. The molecule has 0 fully saturated rings. The Kier molecular flexibility index (Phi) is 7.95. The molecule has 3 heteroatoms. The maximum absolute atomic E-state index is 5.06. The number of hydrogen-bond donors (Lipinski definition) is 0. The van der Waals surface area contributed by atoms with Gasteiger partial charge in [0.2, 0.25) is 0 Å². The fourth-order valence-corrected chi connectivity index (χ4v) is 1.47. The van der Waals surface area contributed by atoms with Crippen LogP contribution in [0.4, 0.5) is 0 Å². The molecular weight excluding hydrogens is 215 g/mol. The molecule has 0 rings (SSSR count). The predicted octanol–water partition coefficient (Wildman–Crippen LogP) is 1.53. The second-order valence-corrected chi connectivity index (χ2v) is 3.70. The van der Waals surface area contributed by atoms with Crippen molar-refractivity contribution in [2.45, 2.75) is 19.8 Å². The van der Waals surface area contributed by atoms with Gasteiger partial charge in [-0.05, 0) is 0 Å². The second kappa shape index (κ2) is 6.98. The average molecular weight is 224 g/mol. The van der Waals surface area contributed by atoms with Crippen LogP contribution in [0.25, 0.3) is 0 Å². The quantitative estimate of drug-likeness (QED) is 0.528. The Balaban J connectivity index is 2.56. The summed E-state index contributed by atoms with van der Waals surface area (Å²) in [6.45, 7) is 3.06. The van der Waals surface area contributed by atoms with Crippen molar-refractivity contribution in [3.8, 4) is 0 Å². The van der Waals surface area contributed by atoms with Crippen molar-refractivity contribution >= 4 is 28.9 Å². The fraction of sp³-hybridized carbons (Fsp3) is 1.00. The third-order valence-electron chi connectivity index (χ3n) is 0.659. The van der Waals surface area contributed by atoms with E-state index in [-0.39, 0.29) is 0 Å². The van der Waals surface area contributed by atoms with Gasteiger partial charge in [0.1, 0.15) is 0 Å². The van der Waals surface area contributed by atoms with E-state index in [2.05, 4.69) is 6.92 Å². The molecule has 0 aliphatic carbocycles. The van der Waals surface area contributed by atoms with E-state index in [0.29, 0.717) is 0 Å². The van der Waals surface area contributed by atoms with E-state index in [1.54, 1.807) is 0 Å². The van der Waals surface area contributed by atoms with Gasteiger partial charge in [0.15, 0.2) is 0 Å². The van der Waals surface area contributed by atoms with Crippen LogP contribution in [0.1, 0.15) is 19.8 Å². The van der Waals surface area contributed by atoms with Crippen LogP contribution in [-0.4, -0.2) is 26.2 Å². The van der Waals surface area contributed by atoms with Crippen LogP contribution in [-0.2, 0) is 3.07 Å². The summed E-state index contributed by atoms with van der Waals surface area (Å²) in [7, 11) is 4.71. The van der Waals surface area contributed by atoms with E-state index < -0.39 is 19.6 Å². The fourth-order valence-electron chi connectivity index (χ4n) is 0.258. The van der Waals surface area contributed by atoms with Gasteiger partial charge in [0, 0.05) is 0 Å². The molecule has 0 N–H and O–H groups in total. The molecule has 0 saturated heterocycles. The normalized spacial score (nSPS) is 8.71. The van der Waals surface area contributed by atoms with Crippen LogP contribution in [0.15, 0.2) is 0 Å². The van der Waals surface area contributed by atoms with Crippen LogP contribution in [0.3, 0.4) is 0 Å². The van der Waals surface area contributed by atoms with E-state index in [4.69, 9.17) is 12.4 Å². The number of hydrogen-bond acceptors (Lipinski definition) is 2. The molecule has 0 aromatic carbocycles. The van der Waals surface area contributed by atoms with Gasteiger partial charge >= 0.3 is 58.3 Å². The molecule has 0 amide bonds. The Morgan fingerprint density at radius 2 is 2.43 bits per heavy atom. The van der Waals surface area contributed by atoms with Crippen molar-refractivity contribution in [3.05, 3.63) is 0 Å². The second-order valence-electron chi connectivity index (χ2n) is 1.29. The van der Waals surface area contributed by atoms with E-state index >= 15 is 0 Å². The molecule has 0 heterocycles. The van der Waals surface area contributed by atoms with E-state index in [9.17, 15) is 0 Å². The number of rotatable bonds is 4. The zero-order valence-electron chi connectivity index (χ0n) is 4.44. The van der Waals surface area contributed by atoms with Gasteiger partial charge in [-0.15, -0.1) is 0 Å². The molecule has 0 saturated carbocycles. The zero-order valence-corrected chi connectivity index (χ0v) is 8.11. The summed E-state index contributed by atoms with van der Waals surface area (Å²) in [5.41, 5.74) is 0. The molecule has 0 aromatic heterocycles. The average Bonchev–Trinajstić information content (AvgIpc) is 1.69. The monoisotopic (exact) mass is 225 g/mol. The molecule has 0 unspecified atom stereocenters. The maximum atomic E-state index is 5.06. The first-order valence-corrected chi connectivity index (χ1v) is 7.47. The molecule has 0 spiro atoms. The van der Waals surface area contributed by atoms with Crippen molar-refractivity contribution in [1.82, 2.24) is 0 Å². The Labute approximate surface area is 58.4 Å². The summed E-state index contributed by atoms with van der Waals surface area (Å²) < 4.78 is 5.06. The predicted molar refractivity (Wildman–Crippen MR) is 34.2 cm³/mol. The summed E-state index contributed by atoms with van der Waals surface area (Å²) in [6.07, 6.45) is 2.40. The first kappa shape index (κ1) is 7.98. The zero-order chi connectivity index (χ0) is 5.54. The topological polar surface area (TPSA) is 9.23 Å². The molecule has 41 valence electrons. The molecular formula is C4H9OSSn. The molecule has 0 aliphatic rings. The van der Waals surface area contributed by atoms with Gasteiger partial charge in [0.25, 0.3) is 0 Å². The molecule has 0 bridgehead atoms. The third-order valence-corrected chi connectivity index (χ3v) is 2.37. The van der Waals surface area contributed by atoms with Gasteiger partial charge in [-0.3, -0.25) is 0 Å². The van der Waals surface area contributed by atoms with Gasteiger partial charge in [0.05, 0.1) is 0 Å². The molecule has 0 aliphatic heterocycles. The standard InChI is InChI=1S/C4H9O.S.Sn/c1-2-3-4-5;;/h2-4H2,1H3;;/q-1;;+1. The van der Waals surface area contributed by atoms with Crippen molar-refractivity contribution in [1.29, 1.82) is 0 Å². The van der Waals surface area contributed by atoms with Gasteiger partial charge in [-0.1, -0.05) is 0 Å². The van der Waals surface area contributed by atoms with E-state index in [1.807, 2.05) is 0 Å². The summed E-state index contributed by atoms with van der Waals surface area (Å²) >= 11 is -0.740. The Bertz CT molecular complexity index is 49.0. The number of unbranched alkanes of at least 4 members (excludes halogenated alkanes) is 1. The summed E-state index contributed by atoms with van der Waals surface area (Å²) in [6, 6.07) is 0. The Hall–Kier alpha value is 0.979. The molecule has 0 atom stereocenters. The summed E-state index contributed by atoms with van der Waals surface area (Å²) in [5.74, 6) is 0. The van der Waals surface area contributed by atoms with Crippen molar-refractivity contribution < 1.29 is 3.07 Å². The molecule has 1 radical (unpaired) electrons. The van der Waals surface area contributed by atoms with Crippen LogP contribution >= 0.6 is 9.29 Å². The Morgan fingerprint density at radius 3 is 2.86 bits per heavy atom. The minimum atomic E-state index is -0.740. The first-order chi connectivity index (χ1) is 3.41. The van der Waals surface area contributed by atoms with Gasteiger partial charge in [-0.2, -0.15) is 0 Å². The Morgan fingerprint density at radius 1 is 1.71 bits per heavy atom. The van der Waals surface area contributed by atoms with Crippen molar-refractivity contribution in [3.63, 3.8) is 0 Å². The van der Waals surface area contributed by atoms with E-state index in [0.717, 1.165) is 6.61 Å².